The number of aliphatic hydroxyl groups excluding tert-OH is 1. The van der Waals surface area contributed by atoms with E-state index >= 15 is 0 Å². The zero-order valence-corrected chi connectivity index (χ0v) is 14.7. The SMILES string of the molecule is CC(C)(C)n1cc(C(=O)N(C[C@H](O)c2ccc(F)cc2)C2CC2)nn1. The number of halogens is 1. The van der Waals surface area contributed by atoms with Gasteiger partial charge < -0.3 is 10.0 Å². The average Bonchev–Trinajstić information content (AvgIpc) is 3.26. The molecule has 0 saturated heterocycles. The maximum Gasteiger partial charge on any atom is 0.276 e. The molecule has 3 rings (SSSR count). The van der Waals surface area contributed by atoms with Crippen LogP contribution in [0.1, 0.15) is 55.8 Å². The largest absolute Gasteiger partial charge is 0.387 e. The fourth-order valence-electron chi connectivity index (χ4n) is 2.60. The summed E-state index contributed by atoms with van der Waals surface area (Å²) >= 11 is 0. The molecular weight excluding hydrogens is 323 g/mol. The van der Waals surface area contributed by atoms with Gasteiger partial charge in [0.1, 0.15) is 5.82 Å². The van der Waals surface area contributed by atoms with Crippen molar-refractivity contribution in [1.29, 1.82) is 0 Å². The number of carbonyl (C=O) groups excluding carboxylic acids is 1. The summed E-state index contributed by atoms with van der Waals surface area (Å²) in [6.45, 7) is 6.09. The number of carbonyl (C=O) groups is 1. The number of amides is 1. The van der Waals surface area contributed by atoms with Gasteiger partial charge in [-0.1, -0.05) is 17.3 Å². The number of aliphatic hydroxyl groups is 1. The number of hydrogen-bond donors (Lipinski definition) is 1. The zero-order chi connectivity index (χ0) is 18.2. The first-order valence-electron chi connectivity index (χ1n) is 8.43. The van der Waals surface area contributed by atoms with E-state index in [2.05, 4.69) is 10.3 Å². The van der Waals surface area contributed by atoms with Crippen molar-refractivity contribution in [2.24, 2.45) is 0 Å². The molecule has 1 aromatic carbocycles. The van der Waals surface area contributed by atoms with E-state index in [1.807, 2.05) is 20.8 Å². The molecule has 25 heavy (non-hydrogen) atoms. The normalized spacial score (nSPS) is 15.9. The molecule has 1 saturated carbocycles. The highest BCUT2D eigenvalue weighted by Crippen LogP contribution is 2.30. The Morgan fingerprint density at radius 2 is 2.00 bits per heavy atom. The molecule has 1 aliphatic carbocycles. The summed E-state index contributed by atoms with van der Waals surface area (Å²) in [6, 6.07) is 5.78. The van der Waals surface area contributed by atoms with Crippen LogP contribution in [-0.2, 0) is 5.54 Å². The fraction of sp³-hybridized carbons (Fsp3) is 0.500. The molecule has 0 aliphatic heterocycles. The third-order valence-corrected chi connectivity index (χ3v) is 4.27. The molecule has 1 amide bonds. The summed E-state index contributed by atoms with van der Waals surface area (Å²) in [5, 5.41) is 18.5. The number of nitrogens with zero attached hydrogens (tertiary/aromatic N) is 4. The van der Waals surface area contributed by atoms with Gasteiger partial charge in [0.15, 0.2) is 5.69 Å². The molecule has 1 aliphatic rings. The Labute approximate surface area is 146 Å². The van der Waals surface area contributed by atoms with Crippen LogP contribution in [0.5, 0.6) is 0 Å². The van der Waals surface area contributed by atoms with Crippen molar-refractivity contribution in [3.05, 3.63) is 47.5 Å². The van der Waals surface area contributed by atoms with Crippen molar-refractivity contribution in [3.8, 4) is 0 Å². The van der Waals surface area contributed by atoms with Gasteiger partial charge in [0, 0.05) is 6.04 Å². The maximum atomic E-state index is 13.0. The van der Waals surface area contributed by atoms with Gasteiger partial charge in [-0.3, -0.25) is 4.79 Å². The van der Waals surface area contributed by atoms with Crippen LogP contribution in [0.15, 0.2) is 30.5 Å². The summed E-state index contributed by atoms with van der Waals surface area (Å²) < 4.78 is 14.7. The van der Waals surface area contributed by atoms with Gasteiger partial charge in [-0.25, -0.2) is 9.07 Å². The molecule has 1 fully saturated rings. The molecule has 0 radical (unpaired) electrons. The highest BCUT2D eigenvalue weighted by molar-refractivity contribution is 5.92. The predicted molar refractivity (Wildman–Crippen MR) is 90.4 cm³/mol. The zero-order valence-electron chi connectivity index (χ0n) is 14.7. The van der Waals surface area contributed by atoms with Crippen molar-refractivity contribution >= 4 is 5.91 Å². The molecule has 2 aromatic rings. The molecule has 0 spiro atoms. The van der Waals surface area contributed by atoms with Crippen molar-refractivity contribution in [2.45, 2.75) is 51.3 Å². The van der Waals surface area contributed by atoms with Gasteiger partial charge in [0.2, 0.25) is 0 Å². The summed E-state index contributed by atoms with van der Waals surface area (Å²) in [5.41, 5.74) is 0.593. The van der Waals surface area contributed by atoms with Crippen LogP contribution in [0.2, 0.25) is 0 Å². The first-order valence-corrected chi connectivity index (χ1v) is 8.43. The van der Waals surface area contributed by atoms with Crippen molar-refractivity contribution in [1.82, 2.24) is 19.9 Å². The van der Waals surface area contributed by atoms with E-state index in [-0.39, 0.29) is 35.5 Å². The number of hydrogen-bond acceptors (Lipinski definition) is 4. The smallest absolute Gasteiger partial charge is 0.276 e. The van der Waals surface area contributed by atoms with Crippen LogP contribution >= 0.6 is 0 Å². The summed E-state index contributed by atoms with van der Waals surface area (Å²) in [6.07, 6.45) is 2.59. The lowest BCUT2D eigenvalue weighted by molar-refractivity contribution is 0.0597. The molecule has 1 aromatic heterocycles. The molecule has 1 atom stereocenters. The van der Waals surface area contributed by atoms with Crippen LogP contribution in [0.3, 0.4) is 0 Å². The van der Waals surface area contributed by atoms with Crippen LogP contribution in [0.25, 0.3) is 0 Å². The van der Waals surface area contributed by atoms with Crippen LogP contribution in [0, 0.1) is 5.82 Å². The Hall–Kier alpha value is -2.28. The van der Waals surface area contributed by atoms with E-state index in [4.69, 9.17) is 0 Å². The highest BCUT2D eigenvalue weighted by atomic mass is 19.1. The molecular formula is C18H23FN4O2. The quantitative estimate of drug-likeness (QED) is 0.903. The second-order valence-electron chi connectivity index (χ2n) is 7.48. The summed E-state index contributed by atoms with van der Waals surface area (Å²) in [4.78, 5) is 14.5. The third-order valence-electron chi connectivity index (χ3n) is 4.27. The monoisotopic (exact) mass is 346 g/mol. The highest BCUT2D eigenvalue weighted by Gasteiger charge is 2.35. The van der Waals surface area contributed by atoms with Gasteiger partial charge in [0.05, 0.1) is 24.4 Å². The predicted octanol–water partition coefficient (Wildman–Crippen LogP) is 2.51. The molecule has 1 heterocycles. The summed E-state index contributed by atoms with van der Waals surface area (Å²) in [5.74, 6) is -0.593. The Balaban J connectivity index is 1.75. The Morgan fingerprint density at radius 3 is 2.52 bits per heavy atom. The lowest BCUT2D eigenvalue weighted by Gasteiger charge is -2.24. The number of benzene rings is 1. The first-order chi connectivity index (χ1) is 11.8. The van der Waals surface area contributed by atoms with Gasteiger partial charge in [-0.15, -0.1) is 5.10 Å². The van der Waals surface area contributed by atoms with E-state index in [1.165, 1.54) is 24.3 Å². The Morgan fingerprint density at radius 1 is 1.36 bits per heavy atom. The molecule has 0 unspecified atom stereocenters. The average molecular weight is 346 g/mol. The minimum Gasteiger partial charge on any atom is -0.387 e. The van der Waals surface area contributed by atoms with E-state index in [0.29, 0.717) is 5.56 Å². The maximum absolute atomic E-state index is 13.0. The van der Waals surface area contributed by atoms with Crippen LogP contribution < -0.4 is 0 Å². The van der Waals surface area contributed by atoms with E-state index in [0.717, 1.165) is 12.8 Å². The van der Waals surface area contributed by atoms with Gasteiger partial charge >= 0.3 is 0 Å². The topological polar surface area (TPSA) is 71.2 Å². The van der Waals surface area contributed by atoms with Crippen molar-refractivity contribution in [2.75, 3.05) is 6.54 Å². The van der Waals surface area contributed by atoms with Crippen LogP contribution in [0.4, 0.5) is 4.39 Å². The minimum absolute atomic E-state index is 0.113. The van der Waals surface area contributed by atoms with Gasteiger partial charge in [0.25, 0.3) is 5.91 Å². The molecule has 1 N–H and O–H groups in total. The minimum atomic E-state index is -0.872. The Bertz CT molecular complexity index is 747. The van der Waals surface area contributed by atoms with Gasteiger partial charge in [-0.05, 0) is 51.3 Å². The first kappa shape index (κ1) is 17.5. The second-order valence-corrected chi connectivity index (χ2v) is 7.48. The molecule has 134 valence electrons. The van der Waals surface area contributed by atoms with E-state index in [1.54, 1.807) is 15.8 Å². The van der Waals surface area contributed by atoms with Crippen molar-refractivity contribution in [3.63, 3.8) is 0 Å². The van der Waals surface area contributed by atoms with Crippen LogP contribution in [-0.4, -0.2) is 43.5 Å². The lowest BCUT2D eigenvalue weighted by atomic mass is 10.1. The van der Waals surface area contributed by atoms with Gasteiger partial charge in [-0.2, -0.15) is 0 Å². The number of aromatic nitrogens is 3. The summed E-state index contributed by atoms with van der Waals surface area (Å²) in [7, 11) is 0. The molecule has 0 bridgehead atoms. The fourth-order valence-corrected chi connectivity index (χ4v) is 2.60. The van der Waals surface area contributed by atoms with Crippen molar-refractivity contribution < 1.29 is 14.3 Å². The molecule has 6 nitrogen and oxygen atoms in total. The lowest BCUT2D eigenvalue weighted by Crippen LogP contribution is -2.37. The third kappa shape index (κ3) is 4.04. The molecule has 7 heteroatoms. The Kier molecular flexibility index (Phi) is 4.60. The van der Waals surface area contributed by atoms with E-state index < -0.39 is 6.10 Å². The standard InChI is InChI=1S/C18H23FN4O2/c1-18(2,3)23-10-15(20-21-23)17(25)22(14-8-9-14)11-16(24)12-4-6-13(19)7-5-12/h4-7,10,14,16,24H,8-9,11H2,1-3H3/t16-/m0/s1. The number of rotatable bonds is 5. The second kappa shape index (κ2) is 6.55. The van der Waals surface area contributed by atoms with E-state index in [9.17, 15) is 14.3 Å².